The lowest BCUT2D eigenvalue weighted by atomic mass is 10.1. The van der Waals surface area contributed by atoms with Gasteiger partial charge in [-0.3, -0.25) is 4.79 Å². The minimum absolute atomic E-state index is 0.0849. The van der Waals surface area contributed by atoms with Crippen molar-refractivity contribution < 1.29 is 17.9 Å². The first kappa shape index (κ1) is 19.4. The highest BCUT2D eigenvalue weighted by atomic mass is 32.2. The summed E-state index contributed by atoms with van der Waals surface area (Å²) in [6.45, 7) is 3.17. The Labute approximate surface area is 138 Å². The van der Waals surface area contributed by atoms with E-state index < -0.39 is 15.9 Å². The summed E-state index contributed by atoms with van der Waals surface area (Å²) in [4.78, 5) is 11.8. The molecule has 0 spiro atoms. The van der Waals surface area contributed by atoms with Crippen LogP contribution in [-0.4, -0.2) is 45.5 Å². The van der Waals surface area contributed by atoms with Gasteiger partial charge in [0.1, 0.15) is 15.6 Å². The normalized spacial score (nSPS) is 12.7. The van der Waals surface area contributed by atoms with Crippen molar-refractivity contribution in [3.05, 3.63) is 29.8 Å². The molecule has 0 heterocycles. The maximum absolute atomic E-state index is 11.8. The summed E-state index contributed by atoms with van der Waals surface area (Å²) >= 11 is 0. The third-order valence-electron chi connectivity index (χ3n) is 3.22. The molecule has 0 saturated carbocycles. The zero-order valence-electron chi connectivity index (χ0n) is 13.7. The fraction of sp³-hybridized carbons (Fsp3) is 0.562. The Bertz CT molecular complexity index is 602. The molecule has 0 radical (unpaired) electrons. The van der Waals surface area contributed by atoms with Gasteiger partial charge in [0, 0.05) is 12.8 Å². The van der Waals surface area contributed by atoms with E-state index in [9.17, 15) is 13.2 Å². The molecule has 3 N–H and O–H groups in total. The fourth-order valence-corrected chi connectivity index (χ4v) is 2.63. The van der Waals surface area contributed by atoms with E-state index in [1.165, 1.54) is 0 Å². The SMILES string of the molecule is CCCOc1cccc(CCNC(=O)C(N)CCS(C)(=O)=O)c1. The molecule has 0 fully saturated rings. The molecule has 23 heavy (non-hydrogen) atoms. The van der Waals surface area contributed by atoms with Gasteiger partial charge in [-0.25, -0.2) is 8.42 Å². The minimum Gasteiger partial charge on any atom is -0.494 e. The van der Waals surface area contributed by atoms with Crippen molar-refractivity contribution in [2.45, 2.75) is 32.2 Å². The highest BCUT2D eigenvalue weighted by Gasteiger charge is 2.15. The second kappa shape index (κ2) is 9.52. The molecule has 1 unspecified atom stereocenters. The zero-order valence-corrected chi connectivity index (χ0v) is 14.6. The first-order valence-corrected chi connectivity index (χ1v) is 9.80. The van der Waals surface area contributed by atoms with Crippen LogP contribution >= 0.6 is 0 Å². The minimum atomic E-state index is -3.10. The van der Waals surface area contributed by atoms with Gasteiger partial charge in [-0.1, -0.05) is 19.1 Å². The van der Waals surface area contributed by atoms with E-state index >= 15 is 0 Å². The number of carbonyl (C=O) groups excluding carboxylic acids is 1. The Morgan fingerprint density at radius 1 is 1.39 bits per heavy atom. The van der Waals surface area contributed by atoms with Crippen LogP contribution in [0.1, 0.15) is 25.3 Å². The number of amides is 1. The van der Waals surface area contributed by atoms with Crippen LogP contribution in [0.15, 0.2) is 24.3 Å². The summed E-state index contributed by atoms with van der Waals surface area (Å²) in [6, 6.07) is 6.93. The maximum atomic E-state index is 11.8. The van der Waals surface area contributed by atoms with E-state index in [4.69, 9.17) is 10.5 Å². The molecule has 0 aromatic heterocycles. The van der Waals surface area contributed by atoms with Gasteiger partial charge in [0.05, 0.1) is 18.4 Å². The predicted molar refractivity (Wildman–Crippen MR) is 91.2 cm³/mol. The number of ether oxygens (including phenoxy) is 1. The second-order valence-electron chi connectivity index (χ2n) is 5.56. The standard InChI is InChI=1S/C16H26N2O4S/c1-3-10-22-14-6-4-5-13(12-14)7-9-18-16(19)15(17)8-11-23(2,20)21/h4-6,12,15H,3,7-11,17H2,1-2H3,(H,18,19). The third kappa shape index (κ3) is 8.56. The molecule has 130 valence electrons. The number of hydrogen-bond acceptors (Lipinski definition) is 5. The number of benzene rings is 1. The van der Waals surface area contributed by atoms with E-state index in [1.54, 1.807) is 0 Å². The summed E-state index contributed by atoms with van der Waals surface area (Å²) in [5.41, 5.74) is 6.75. The monoisotopic (exact) mass is 342 g/mol. The number of nitrogens with one attached hydrogen (secondary N) is 1. The Hall–Kier alpha value is -1.60. The number of hydrogen-bond donors (Lipinski definition) is 2. The van der Waals surface area contributed by atoms with Gasteiger partial charge in [0.15, 0.2) is 0 Å². The highest BCUT2D eigenvalue weighted by Crippen LogP contribution is 2.13. The second-order valence-corrected chi connectivity index (χ2v) is 7.82. The molecule has 0 aliphatic rings. The van der Waals surface area contributed by atoms with E-state index in [0.29, 0.717) is 19.6 Å². The fourth-order valence-electron chi connectivity index (χ4n) is 1.94. The molecule has 6 nitrogen and oxygen atoms in total. The van der Waals surface area contributed by atoms with Gasteiger partial charge in [0.2, 0.25) is 5.91 Å². The molecular weight excluding hydrogens is 316 g/mol. The smallest absolute Gasteiger partial charge is 0.236 e. The average Bonchev–Trinajstić information content (AvgIpc) is 2.50. The topological polar surface area (TPSA) is 98.5 Å². The largest absolute Gasteiger partial charge is 0.494 e. The number of nitrogens with two attached hydrogens (primary N) is 1. The van der Waals surface area contributed by atoms with Crippen molar-refractivity contribution >= 4 is 15.7 Å². The van der Waals surface area contributed by atoms with Gasteiger partial charge < -0.3 is 15.8 Å². The molecule has 0 aliphatic carbocycles. The van der Waals surface area contributed by atoms with E-state index in [1.807, 2.05) is 31.2 Å². The Morgan fingerprint density at radius 3 is 2.78 bits per heavy atom. The van der Waals surface area contributed by atoms with Crippen LogP contribution in [0.2, 0.25) is 0 Å². The molecule has 1 aromatic rings. The molecule has 0 aliphatic heterocycles. The molecule has 1 aromatic carbocycles. The molecule has 1 rings (SSSR count). The molecular formula is C16H26N2O4S. The lowest BCUT2D eigenvalue weighted by Gasteiger charge is -2.12. The third-order valence-corrected chi connectivity index (χ3v) is 4.20. The van der Waals surface area contributed by atoms with Crippen molar-refractivity contribution in [2.75, 3.05) is 25.2 Å². The van der Waals surface area contributed by atoms with Crippen LogP contribution < -0.4 is 15.8 Å². The summed E-state index contributed by atoms with van der Waals surface area (Å²) in [7, 11) is -3.10. The molecule has 0 bridgehead atoms. The lowest BCUT2D eigenvalue weighted by Crippen LogP contribution is -2.42. The van der Waals surface area contributed by atoms with Gasteiger partial charge in [0.25, 0.3) is 0 Å². The van der Waals surface area contributed by atoms with Crippen LogP contribution in [0.25, 0.3) is 0 Å². The van der Waals surface area contributed by atoms with E-state index in [-0.39, 0.29) is 18.1 Å². The van der Waals surface area contributed by atoms with Crippen molar-refractivity contribution in [3.63, 3.8) is 0 Å². The quantitative estimate of drug-likeness (QED) is 0.658. The molecule has 0 saturated heterocycles. The summed E-state index contributed by atoms with van der Waals surface area (Å²) in [5.74, 6) is 0.408. The van der Waals surface area contributed by atoms with E-state index in [2.05, 4.69) is 5.32 Å². The van der Waals surface area contributed by atoms with Gasteiger partial charge >= 0.3 is 0 Å². The zero-order chi connectivity index (χ0) is 17.3. The Balaban J connectivity index is 2.36. The van der Waals surface area contributed by atoms with Crippen molar-refractivity contribution in [1.82, 2.24) is 5.32 Å². The summed E-state index contributed by atoms with van der Waals surface area (Å²) in [6.07, 6.45) is 2.87. The van der Waals surface area contributed by atoms with Crippen LogP contribution in [0.5, 0.6) is 5.75 Å². The van der Waals surface area contributed by atoms with Crippen molar-refractivity contribution in [3.8, 4) is 5.75 Å². The molecule has 1 atom stereocenters. The van der Waals surface area contributed by atoms with Gasteiger partial charge in [-0.2, -0.15) is 0 Å². The van der Waals surface area contributed by atoms with Gasteiger partial charge in [-0.05, 0) is 37.0 Å². The van der Waals surface area contributed by atoms with Crippen LogP contribution in [0, 0.1) is 0 Å². The summed E-state index contributed by atoms with van der Waals surface area (Å²) in [5, 5.41) is 2.73. The van der Waals surface area contributed by atoms with E-state index in [0.717, 1.165) is 24.0 Å². The predicted octanol–water partition coefficient (Wildman–Crippen LogP) is 0.896. The average molecular weight is 342 g/mol. The van der Waals surface area contributed by atoms with Crippen LogP contribution in [-0.2, 0) is 21.1 Å². The summed E-state index contributed by atoms with van der Waals surface area (Å²) < 4.78 is 27.7. The Kier molecular flexibility index (Phi) is 8.05. The molecule has 7 heteroatoms. The first-order valence-electron chi connectivity index (χ1n) is 7.74. The maximum Gasteiger partial charge on any atom is 0.236 e. The number of sulfone groups is 1. The molecule has 1 amide bonds. The van der Waals surface area contributed by atoms with Crippen molar-refractivity contribution in [2.24, 2.45) is 5.73 Å². The lowest BCUT2D eigenvalue weighted by molar-refractivity contribution is -0.122. The number of carbonyl (C=O) groups is 1. The van der Waals surface area contributed by atoms with Crippen LogP contribution in [0.3, 0.4) is 0 Å². The first-order chi connectivity index (χ1) is 10.8. The highest BCUT2D eigenvalue weighted by molar-refractivity contribution is 7.90. The number of rotatable bonds is 10. The van der Waals surface area contributed by atoms with Gasteiger partial charge in [-0.15, -0.1) is 0 Å². The van der Waals surface area contributed by atoms with Crippen LogP contribution in [0.4, 0.5) is 0 Å². The Morgan fingerprint density at radius 2 is 2.13 bits per heavy atom. The van der Waals surface area contributed by atoms with Crippen molar-refractivity contribution in [1.29, 1.82) is 0 Å².